The highest BCUT2D eigenvalue weighted by Crippen LogP contribution is 2.30. The minimum atomic E-state index is -0.463. The predicted molar refractivity (Wildman–Crippen MR) is 100 cm³/mol. The molecule has 0 atom stereocenters. The largest absolute Gasteiger partial charge is 0.338 e. The molecule has 8 heteroatoms. The number of hydrogen-bond donors (Lipinski definition) is 1. The van der Waals surface area contributed by atoms with Crippen molar-refractivity contribution in [2.45, 2.75) is 0 Å². The van der Waals surface area contributed by atoms with Crippen LogP contribution in [0.3, 0.4) is 0 Å². The Morgan fingerprint density at radius 2 is 1.88 bits per heavy atom. The molecule has 1 aromatic heterocycles. The maximum atomic E-state index is 13.7. The highest BCUT2D eigenvalue weighted by Gasteiger charge is 2.17. The molecule has 1 aliphatic heterocycles. The molecule has 0 aliphatic carbocycles. The van der Waals surface area contributed by atoms with Gasteiger partial charge in [0.25, 0.3) is 5.69 Å². The van der Waals surface area contributed by atoms with Gasteiger partial charge in [-0.1, -0.05) is 6.07 Å². The van der Waals surface area contributed by atoms with Gasteiger partial charge in [-0.2, -0.15) is 0 Å². The van der Waals surface area contributed by atoms with Crippen molar-refractivity contribution in [2.75, 3.05) is 5.32 Å². The highest BCUT2D eigenvalue weighted by atomic mass is 32.1. The fourth-order valence-corrected chi connectivity index (χ4v) is 3.16. The minimum Gasteiger partial charge on any atom is -0.338 e. The van der Waals surface area contributed by atoms with Gasteiger partial charge in [0.15, 0.2) is 5.84 Å². The van der Waals surface area contributed by atoms with E-state index in [9.17, 15) is 14.5 Å². The Bertz CT molecular complexity index is 1040. The summed E-state index contributed by atoms with van der Waals surface area (Å²) in [6.07, 6.45) is 0. The summed E-state index contributed by atoms with van der Waals surface area (Å²) in [5.74, 6) is 0.539. The number of thiophene rings is 1. The number of anilines is 1. The molecule has 0 saturated heterocycles. The molecule has 0 radical (unpaired) electrons. The molecule has 0 spiro atoms. The first-order valence-corrected chi connectivity index (χ1v) is 8.51. The number of benzene rings is 2. The van der Waals surface area contributed by atoms with E-state index in [0.29, 0.717) is 28.6 Å². The normalized spacial score (nSPS) is 13.1. The van der Waals surface area contributed by atoms with E-state index in [1.165, 1.54) is 35.6 Å². The van der Waals surface area contributed by atoms with Gasteiger partial charge in [-0.25, -0.2) is 14.4 Å². The van der Waals surface area contributed by atoms with E-state index in [-0.39, 0.29) is 5.69 Å². The van der Waals surface area contributed by atoms with Crippen LogP contribution in [0.2, 0.25) is 0 Å². The zero-order chi connectivity index (χ0) is 18.1. The summed E-state index contributed by atoms with van der Waals surface area (Å²) in [7, 11) is 0. The van der Waals surface area contributed by atoms with Crippen LogP contribution in [0.5, 0.6) is 0 Å². The van der Waals surface area contributed by atoms with Gasteiger partial charge in [0, 0.05) is 17.7 Å². The van der Waals surface area contributed by atoms with Gasteiger partial charge in [0.2, 0.25) is 0 Å². The second-order valence-electron chi connectivity index (χ2n) is 5.46. The topological polar surface area (TPSA) is 79.9 Å². The summed E-state index contributed by atoms with van der Waals surface area (Å²) in [6.45, 7) is 0. The van der Waals surface area contributed by atoms with Crippen LogP contribution in [0, 0.1) is 15.9 Å². The first kappa shape index (κ1) is 16.1. The van der Waals surface area contributed by atoms with E-state index >= 15 is 0 Å². The zero-order valence-electron chi connectivity index (χ0n) is 13.2. The van der Waals surface area contributed by atoms with Gasteiger partial charge in [-0.05, 0) is 41.8 Å². The van der Waals surface area contributed by atoms with E-state index in [0.717, 1.165) is 4.88 Å². The van der Waals surface area contributed by atoms with Crippen molar-refractivity contribution >= 4 is 40.1 Å². The van der Waals surface area contributed by atoms with E-state index in [4.69, 9.17) is 0 Å². The van der Waals surface area contributed by atoms with E-state index in [1.807, 2.05) is 17.5 Å². The molecule has 4 rings (SSSR count). The SMILES string of the molecule is O=[N+]([O-])c1ccc(C2=NC(c3cccs3)=Nc3ccc(F)cc3N2)cc1. The number of nitrogens with one attached hydrogen (secondary N) is 1. The van der Waals surface area contributed by atoms with E-state index < -0.39 is 10.7 Å². The Morgan fingerprint density at radius 1 is 1.08 bits per heavy atom. The summed E-state index contributed by atoms with van der Waals surface area (Å²) in [5.41, 5.74) is 1.67. The minimum absolute atomic E-state index is 0.0124. The van der Waals surface area contributed by atoms with Crippen molar-refractivity contribution in [3.8, 4) is 0 Å². The average molecular weight is 366 g/mol. The molecular weight excluding hydrogens is 355 g/mol. The maximum absolute atomic E-state index is 13.7. The number of rotatable bonds is 3. The molecule has 1 N–H and O–H groups in total. The molecule has 1 aliphatic rings. The number of nitrogens with zero attached hydrogens (tertiary/aromatic N) is 3. The van der Waals surface area contributed by atoms with Gasteiger partial charge >= 0.3 is 0 Å². The third-order valence-electron chi connectivity index (χ3n) is 3.75. The van der Waals surface area contributed by atoms with Crippen molar-refractivity contribution < 1.29 is 9.31 Å². The summed E-state index contributed by atoms with van der Waals surface area (Å²) in [4.78, 5) is 20.4. The molecule has 2 heterocycles. The molecule has 0 saturated carbocycles. The summed E-state index contributed by atoms with van der Waals surface area (Å²) in [5, 5.41) is 15.9. The van der Waals surface area contributed by atoms with Crippen LogP contribution in [-0.2, 0) is 0 Å². The molecule has 0 bridgehead atoms. The van der Waals surface area contributed by atoms with Crippen molar-refractivity contribution in [3.05, 3.63) is 86.3 Å². The fraction of sp³-hybridized carbons (Fsp3) is 0. The third kappa shape index (κ3) is 3.09. The summed E-state index contributed by atoms with van der Waals surface area (Å²) in [6, 6.07) is 14.1. The first-order chi connectivity index (χ1) is 12.6. The smallest absolute Gasteiger partial charge is 0.269 e. The van der Waals surface area contributed by atoms with Crippen molar-refractivity contribution in [1.82, 2.24) is 0 Å². The molecule has 26 heavy (non-hydrogen) atoms. The molecule has 3 aromatic rings. The zero-order valence-corrected chi connectivity index (χ0v) is 14.0. The Labute approximate surface area is 151 Å². The van der Waals surface area contributed by atoms with Crippen LogP contribution in [0.1, 0.15) is 10.4 Å². The quantitative estimate of drug-likeness (QED) is 0.537. The molecule has 0 unspecified atom stereocenters. The van der Waals surface area contributed by atoms with Gasteiger partial charge in [-0.3, -0.25) is 10.1 Å². The second-order valence-corrected chi connectivity index (χ2v) is 6.41. The van der Waals surface area contributed by atoms with E-state index in [2.05, 4.69) is 15.3 Å². The number of hydrogen-bond acceptors (Lipinski definition) is 6. The van der Waals surface area contributed by atoms with Gasteiger partial charge in [-0.15, -0.1) is 11.3 Å². The lowest BCUT2D eigenvalue weighted by Gasteiger charge is -2.09. The Hall–Kier alpha value is -3.39. The lowest BCUT2D eigenvalue weighted by Crippen LogP contribution is -2.14. The van der Waals surface area contributed by atoms with Crippen molar-refractivity contribution in [3.63, 3.8) is 0 Å². The predicted octanol–water partition coefficient (Wildman–Crippen LogP) is 4.75. The highest BCUT2D eigenvalue weighted by molar-refractivity contribution is 7.12. The number of halogens is 1. The van der Waals surface area contributed by atoms with Crippen LogP contribution in [0.4, 0.5) is 21.5 Å². The standard InChI is InChI=1S/C18H11FN4O2S/c19-12-5-8-14-15(10-12)21-17(11-3-6-13(7-4-11)23(24)25)22-18(20-14)16-2-1-9-26-16/h1-10H,(H,20,21,22). The first-order valence-electron chi connectivity index (χ1n) is 7.63. The third-order valence-corrected chi connectivity index (χ3v) is 4.61. The Balaban J connectivity index is 1.83. The van der Waals surface area contributed by atoms with Crippen LogP contribution < -0.4 is 5.32 Å². The maximum Gasteiger partial charge on any atom is 0.269 e. The number of non-ortho nitro benzene ring substituents is 1. The lowest BCUT2D eigenvalue weighted by molar-refractivity contribution is -0.384. The number of nitro groups is 1. The van der Waals surface area contributed by atoms with E-state index in [1.54, 1.807) is 18.2 Å². The summed E-state index contributed by atoms with van der Waals surface area (Å²) < 4.78 is 13.7. The van der Waals surface area contributed by atoms with Crippen LogP contribution in [-0.4, -0.2) is 16.6 Å². The molecule has 0 amide bonds. The van der Waals surface area contributed by atoms with Crippen molar-refractivity contribution in [2.24, 2.45) is 9.98 Å². The Morgan fingerprint density at radius 3 is 2.58 bits per heavy atom. The van der Waals surface area contributed by atoms with Crippen LogP contribution >= 0.6 is 11.3 Å². The van der Waals surface area contributed by atoms with Crippen LogP contribution in [0.15, 0.2) is 70.0 Å². The van der Waals surface area contributed by atoms with Crippen molar-refractivity contribution in [1.29, 1.82) is 0 Å². The van der Waals surface area contributed by atoms with Gasteiger partial charge < -0.3 is 5.32 Å². The second kappa shape index (κ2) is 6.49. The molecule has 6 nitrogen and oxygen atoms in total. The number of nitro benzene ring substituents is 1. The molecule has 2 aromatic carbocycles. The van der Waals surface area contributed by atoms with Gasteiger partial charge in [0.1, 0.15) is 11.7 Å². The number of aliphatic imine (C=N–C) groups is 2. The molecule has 128 valence electrons. The average Bonchev–Trinajstić information content (AvgIpc) is 3.10. The monoisotopic (exact) mass is 366 g/mol. The Kier molecular flexibility index (Phi) is 4.02. The molecule has 0 fully saturated rings. The lowest BCUT2D eigenvalue weighted by atomic mass is 10.1. The number of fused-ring (bicyclic) bond motifs is 1. The van der Waals surface area contributed by atoms with Gasteiger partial charge in [0.05, 0.1) is 21.2 Å². The van der Waals surface area contributed by atoms with Crippen LogP contribution in [0.25, 0.3) is 0 Å². The fourth-order valence-electron chi connectivity index (χ4n) is 2.50. The number of amidine groups is 2. The molecular formula is C18H11FN4O2S. The summed E-state index contributed by atoms with van der Waals surface area (Å²) >= 11 is 1.49.